The predicted octanol–water partition coefficient (Wildman–Crippen LogP) is 2.52. The molecule has 0 spiro atoms. The van der Waals surface area contributed by atoms with Crippen LogP contribution in [0.3, 0.4) is 0 Å². The van der Waals surface area contributed by atoms with Crippen LogP contribution >= 0.6 is 18.7 Å². The molecule has 1 aromatic carbocycles. The van der Waals surface area contributed by atoms with Crippen molar-refractivity contribution >= 4 is 35.6 Å². The molecular weight excluding hydrogens is 271 g/mol. The Balaban J connectivity index is 2.19. The van der Waals surface area contributed by atoms with Crippen LogP contribution in [0.2, 0.25) is 5.28 Å². The molecule has 2 rings (SSSR count). The molecule has 18 heavy (non-hydrogen) atoms. The van der Waals surface area contributed by atoms with Gasteiger partial charge in [0.2, 0.25) is 5.28 Å². The summed E-state index contributed by atoms with van der Waals surface area (Å²) in [6.45, 7) is 3.48. The molecule has 0 saturated heterocycles. The number of hydrogen-bond donors (Lipinski definition) is 1. The third kappa shape index (κ3) is 3.28. The van der Waals surface area contributed by atoms with Gasteiger partial charge in [0.1, 0.15) is 7.14 Å². The summed E-state index contributed by atoms with van der Waals surface area (Å²) in [5.41, 5.74) is 0.823. The van der Waals surface area contributed by atoms with Gasteiger partial charge in [-0.15, -0.1) is 5.10 Å². The van der Waals surface area contributed by atoms with Crippen LogP contribution in [0.25, 0.3) is 0 Å². The topological polar surface area (TPSA) is 67.8 Å². The first kappa shape index (κ1) is 13.0. The van der Waals surface area contributed by atoms with E-state index < -0.39 is 7.14 Å². The Labute approximate surface area is 110 Å². The largest absolute Gasteiger partial charge is 0.339 e. The smallest absolute Gasteiger partial charge is 0.244 e. The van der Waals surface area contributed by atoms with Crippen LogP contribution in [0, 0.1) is 0 Å². The van der Waals surface area contributed by atoms with E-state index in [-0.39, 0.29) is 5.28 Å². The molecule has 1 aromatic heterocycles. The van der Waals surface area contributed by atoms with Crippen LogP contribution in [0.5, 0.6) is 0 Å². The minimum atomic E-state index is -2.22. The molecule has 0 fully saturated rings. The highest BCUT2D eigenvalue weighted by Gasteiger charge is 2.10. The lowest BCUT2D eigenvalue weighted by Gasteiger charge is -2.09. The molecule has 1 heterocycles. The van der Waals surface area contributed by atoms with Crippen molar-refractivity contribution in [3.8, 4) is 0 Å². The van der Waals surface area contributed by atoms with Gasteiger partial charge in [0.25, 0.3) is 0 Å². The Hall–Kier alpha value is -1.45. The van der Waals surface area contributed by atoms with E-state index in [0.29, 0.717) is 5.82 Å². The summed E-state index contributed by atoms with van der Waals surface area (Å²) < 4.78 is 11.9. The van der Waals surface area contributed by atoms with Gasteiger partial charge in [-0.3, -0.25) is 0 Å². The van der Waals surface area contributed by atoms with E-state index in [9.17, 15) is 4.57 Å². The Kier molecular flexibility index (Phi) is 3.64. The summed E-state index contributed by atoms with van der Waals surface area (Å²) in [4.78, 5) is 3.97. The Morgan fingerprint density at radius 3 is 2.44 bits per heavy atom. The first-order valence-corrected chi connectivity index (χ1v) is 8.21. The van der Waals surface area contributed by atoms with Crippen LogP contribution in [0.15, 0.2) is 30.5 Å². The van der Waals surface area contributed by atoms with Crippen molar-refractivity contribution in [1.29, 1.82) is 0 Å². The number of rotatable bonds is 3. The average molecular weight is 283 g/mol. The van der Waals surface area contributed by atoms with Gasteiger partial charge >= 0.3 is 0 Å². The number of nitrogens with zero attached hydrogens (tertiary/aromatic N) is 3. The predicted molar refractivity (Wildman–Crippen MR) is 73.7 cm³/mol. The first-order chi connectivity index (χ1) is 8.45. The van der Waals surface area contributed by atoms with Crippen molar-refractivity contribution in [3.05, 3.63) is 35.7 Å². The Morgan fingerprint density at radius 1 is 1.22 bits per heavy atom. The normalized spacial score (nSPS) is 11.3. The van der Waals surface area contributed by atoms with Gasteiger partial charge in [0.05, 0.1) is 6.20 Å². The van der Waals surface area contributed by atoms with Crippen LogP contribution in [0.1, 0.15) is 0 Å². The van der Waals surface area contributed by atoms with Crippen molar-refractivity contribution in [2.45, 2.75) is 0 Å². The molecule has 0 atom stereocenters. The van der Waals surface area contributed by atoms with Crippen molar-refractivity contribution in [2.75, 3.05) is 18.6 Å². The number of anilines is 2. The maximum absolute atomic E-state index is 11.9. The van der Waals surface area contributed by atoms with E-state index in [1.807, 2.05) is 24.3 Å². The molecule has 0 unspecified atom stereocenters. The summed E-state index contributed by atoms with van der Waals surface area (Å²) in [7, 11) is -2.22. The molecule has 94 valence electrons. The monoisotopic (exact) mass is 282 g/mol. The molecule has 0 aliphatic carbocycles. The van der Waals surface area contributed by atoms with Crippen LogP contribution in [-0.4, -0.2) is 28.5 Å². The molecule has 5 nitrogen and oxygen atoms in total. The molecule has 0 aliphatic heterocycles. The number of benzene rings is 1. The van der Waals surface area contributed by atoms with Crippen LogP contribution in [-0.2, 0) is 4.57 Å². The summed E-state index contributed by atoms with van der Waals surface area (Å²) in [5.74, 6) is 0.513. The van der Waals surface area contributed by atoms with E-state index in [4.69, 9.17) is 11.6 Å². The zero-order valence-electron chi connectivity index (χ0n) is 9.96. The lowest BCUT2D eigenvalue weighted by Crippen LogP contribution is -2.03. The quantitative estimate of drug-likeness (QED) is 0.876. The van der Waals surface area contributed by atoms with E-state index in [1.54, 1.807) is 13.3 Å². The summed E-state index contributed by atoms with van der Waals surface area (Å²) in [6, 6.07) is 7.34. The lowest BCUT2D eigenvalue weighted by molar-refractivity contribution is 0.588. The number of nitrogens with one attached hydrogen (secondary N) is 1. The van der Waals surface area contributed by atoms with E-state index in [2.05, 4.69) is 20.5 Å². The molecule has 0 saturated carbocycles. The fourth-order valence-corrected chi connectivity index (χ4v) is 2.40. The van der Waals surface area contributed by atoms with Gasteiger partial charge < -0.3 is 9.88 Å². The highest BCUT2D eigenvalue weighted by atomic mass is 35.5. The summed E-state index contributed by atoms with van der Waals surface area (Å²) in [5, 5.41) is 11.2. The third-order valence-corrected chi connectivity index (χ3v) is 4.00. The lowest BCUT2D eigenvalue weighted by atomic mass is 10.3. The van der Waals surface area contributed by atoms with Gasteiger partial charge in [-0.05, 0) is 49.2 Å². The molecule has 0 aliphatic rings. The van der Waals surface area contributed by atoms with Gasteiger partial charge in [0, 0.05) is 11.0 Å². The summed E-state index contributed by atoms with van der Waals surface area (Å²) in [6.07, 6.45) is 1.48. The van der Waals surface area contributed by atoms with E-state index in [0.717, 1.165) is 11.0 Å². The highest BCUT2D eigenvalue weighted by Crippen LogP contribution is 2.34. The van der Waals surface area contributed by atoms with Gasteiger partial charge in [-0.1, -0.05) is 0 Å². The van der Waals surface area contributed by atoms with Crippen molar-refractivity contribution in [1.82, 2.24) is 15.2 Å². The molecule has 1 N–H and O–H groups in total. The van der Waals surface area contributed by atoms with Crippen molar-refractivity contribution < 1.29 is 4.57 Å². The average Bonchev–Trinajstić information content (AvgIpc) is 2.28. The highest BCUT2D eigenvalue weighted by molar-refractivity contribution is 7.70. The molecule has 2 aromatic rings. The van der Waals surface area contributed by atoms with E-state index >= 15 is 0 Å². The molecule has 0 bridgehead atoms. The van der Waals surface area contributed by atoms with Gasteiger partial charge in [-0.2, -0.15) is 10.1 Å². The maximum atomic E-state index is 11.9. The second-order valence-electron chi connectivity index (χ2n) is 4.13. The SMILES string of the molecule is CP(C)(=O)c1ccc(Nc2cnnc(Cl)n2)cc1. The van der Waals surface area contributed by atoms with Gasteiger partial charge in [-0.25, -0.2) is 0 Å². The maximum Gasteiger partial charge on any atom is 0.244 e. The Morgan fingerprint density at radius 2 is 1.89 bits per heavy atom. The minimum absolute atomic E-state index is 0.0863. The van der Waals surface area contributed by atoms with Crippen LogP contribution < -0.4 is 10.6 Å². The molecule has 0 radical (unpaired) electrons. The zero-order valence-corrected chi connectivity index (χ0v) is 11.6. The fourth-order valence-electron chi connectivity index (χ4n) is 1.39. The standard InChI is InChI=1S/C11H12ClN4OP/c1-18(2,17)9-5-3-8(4-6-9)14-10-7-13-16-11(12)15-10/h3-7H,1-2H3,(H,14,15,16). The molecular formula is C11H12ClN4OP. The van der Waals surface area contributed by atoms with E-state index in [1.165, 1.54) is 6.20 Å². The summed E-state index contributed by atoms with van der Waals surface area (Å²) >= 11 is 5.63. The minimum Gasteiger partial charge on any atom is -0.339 e. The fraction of sp³-hybridized carbons (Fsp3) is 0.182. The molecule has 0 amide bonds. The Bertz CT molecular complexity index is 596. The number of halogens is 1. The third-order valence-electron chi connectivity index (χ3n) is 2.29. The van der Waals surface area contributed by atoms with Crippen molar-refractivity contribution in [2.24, 2.45) is 0 Å². The van der Waals surface area contributed by atoms with Gasteiger partial charge in [0.15, 0.2) is 5.82 Å². The zero-order chi connectivity index (χ0) is 13.2. The number of aromatic nitrogens is 3. The van der Waals surface area contributed by atoms with Crippen molar-refractivity contribution in [3.63, 3.8) is 0 Å². The first-order valence-electron chi connectivity index (χ1n) is 5.23. The second-order valence-corrected chi connectivity index (χ2v) is 7.69. The second kappa shape index (κ2) is 5.04. The number of hydrogen-bond acceptors (Lipinski definition) is 5. The van der Waals surface area contributed by atoms with Crippen LogP contribution in [0.4, 0.5) is 11.5 Å². The molecule has 7 heteroatoms.